The van der Waals surface area contributed by atoms with Crippen molar-refractivity contribution in [2.24, 2.45) is 5.73 Å². The molecule has 1 aromatic carbocycles. The number of benzene rings is 1. The summed E-state index contributed by atoms with van der Waals surface area (Å²) < 4.78 is 12.9. The molecule has 0 saturated carbocycles. The first-order chi connectivity index (χ1) is 8.60. The van der Waals surface area contributed by atoms with Gasteiger partial charge in [-0.25, -0.2) is 14.4 Å². The minimum Gasteiger partial charge on any atom is -0.347 e. The van der Waals surface area contributed by atoms with Crippen LogP contribution in [0.4, 0.5) is 10.3 Å². The lowest BCUT2D eigenvalue weighted by Gasteiger charge is -2.13. The fourth-order valence-electron chi connectivity index (χ4n) is 1.56. The third kappa shape index (κ3) is 2.62. The van der Waals surface area contributed by atoms with Crippen LogP contribution in [0.5, 0.6) is 0 Å². The largest absolute Gasteiger partial charge is 0.347 e. The van der Waals surface area contributed by atoms with Crippen LogP contribution in [-0.4, -0.2) is 24.1 Å². The molecular weight excluding hydrogens is 231 g/mol. The van der Waals surface area contributed by atoms with E-state index < -0.39 is 0 Å². The molecule has 2 rings (SSSR count). The fraction of sp³-hybridized carbons (Fsp3) is 0.231. The minimum atomic E-state index is -0.264. The van der Waals surface area contributed by atoms with Gasteiger partial charge < -0.3 is 10.6 Å². The van der Waals surface area contributed by atoms with E-state index in [2.05, 4.69) is 9.97 Å². The summed E-state index contributed by atoms with van der Waals surface area (Å²) in [4.78, 5) is 10.5. The molecule has 2 N–H and O–H groups in total. The summed E-state index contributed by atoms with van der Waals surface area (Å²) in [5, 5.41) is 0. The van der Waals surface area contributed by atoms with E-state index in [1.165, 1.54) is 12.1 Å². The molecule has 0 aliphatic carbocycles. The molecule has 18 heavy (non-hydrogen) atoms. The molecule has 0 bridgehead atoms. The Kier molecular flexibility index (Phi) is 3.53. The topological polar surface area (TPSA) is 55.0 Å². The summed E-state index contributed by atoms with van der Waals surface area (Å²) in [6.45, 7) is 0.345. The zero-order valence-corrected chi connectivity index (χ0v) is 10.4. The Morgan fingerprint density at radius 1 is 1.17 bits per heavy atom. The van der Waals surface area contributed by atoms with Gasteiger partial charge in [0, 0.05) is 26.2 Å². The maximum absolute atomic E-state index is 12.9. The molecule has 0 spiro atoms. The van der Waals surface area contributed by atoms with Crippen LogP contribution < -0.4 is 10.6 Å². The zero-order chi connectivity index (χ0) is 13.1. The van der Waals surface area contributed by atoms with Gasteiger partial charge in [-0.3, -0.25) is 0 Å². The number of hydrogen-bond donors (Lipinski definition) is 1. The Bertz CT molecular complexity index is 537. The maximum atomic E-state index is 12.9. The van der Waals surface area contributed by atoms with E-state index in [1.807, 2.05) is 25.1 Å². The van der Waals surface area contributed by atoms with Crippen molar-refractivity contribution in [1.29, 1.82) is 0 Å². The molecule has 94 valence electrons. The highest BCUT2D eigenvalue weighted by Crippen LogP contribution is 2.20. The van der Waals surface area contributed by atoms with Gasteiger partial charge in [-0.15, -0.1) is 0 Å². The van der Waals surface area contributed by atoms with Crippen LogP contribution in [0.3, 0.4) is 0 Å². The lowest BCUT2D eigenvalue weighted by Crippen LogP contribution is -2.15. The van der Waals surface area contributed by atoms with Crippen LogP contribution in [0, 0.1) is 5.82 Å². The van der Waals surface area contributed by atoms with Crippen LogP contribution in [0.1, 0.15) is 5.69 Å². The van der Waals surface area contributed by atoms with Gasteiger partial charge in [-0.2, -0.15) is 0 Å². The predicted molar refractivity (Wildman–Crippen MR) is 69.6 cm³/mol. The molecule has 0 fully saturated rings. The summed E-state index contributed by atoms with van der Waals surface area (Å²) in [6.07, 6.45) is 0. The lowest BCUT2D eigenvalue weighted by molar-refractivity contribution is 0.628. The molecule has 0 atom stereocenters. The Labute approximate surface area is 105 Å². The van der Waals surface area contributed by atoms with Crippen LogP contribution in [0.2, 0.25) is 0 Å². The lowest BCUT2D eigenvalue weighted by atomic mass is 10.1. The van der Waals surface area contributed by atoms with Crippen molar-refractivity contribution in [3.05, 3.63) is 41.8 Å². The van der Waals surface area contributed by atoms with Crippen LogP contribution in [-0.2, 0) is 6.54 Å². The molecule has 2 aromatic rings. The van der Waals surface area contributed by atoms with Gasteiger partial charge in [0.05, 0.1) is 11.4 Å². The summed E-state index contributed by atoms with van der Waals surface area (Å²) in [6, 6.07) is 8.03. The molecule has 0 radical (unpaired) electrons. The molecule has 0 unspecified atom stereocenters. The Balaban J connectivity index is 2.49. The first-order valence-corrected chi connectivity index (χ1v) is 5.61. The standard InChI is InChI=1S/C13H15FN4/c1-18(2)13-16-11(8-15)7-12(17-13)9-3-5-10(14)6-4-9/h3-7H,8,15H2,1-2H3. The van der Waals surface area contributed by atoms with Crippen molar-refractivity contribution in [1.82, 2.24) is 9.97 Å². The second-order valence-corrected chi connectivity index (χ2v) is 4.15. The molecule has 0 amide bonds. The van der Waals surface area contributed by atoms with Crippen LogP contribution in [0.15, 0.2) is 30.3 Å². The number of nitrogens with zero attached hydrogens (tertiary/aromatic N) is 3. The van der Waals surface area contributed by atoms with E-state index in [9.17, 15) is 4.39 Å². The van der Waals surface area contributed by atoms with Crippen LogP contribution >= 0.6 is 0 Å². The van der Waals surface area contributed by atoms with Crippen molar-refractivity contribution in [2.45, 2.75) is 6.54 Å². The number of halogens is 1. The average molecular weight is 246 g/mol. The summed E-state index contributed by atoms with van der Waals surface area (Å²) in [5.41, 5.74) is 7.97. The third-order valence-electron chi connectivity index (χ3n) is 2.52. The average Bonchev–Trinajstić information content (AvgIpc) is 2.39. The first-order valence-electron chi connectivity index (χ1n) is 5.61. The molecule has 0 aliphatic rings. The van der Waals surface area contributed by atoms with Crippen molar-refractivity contribution >= 4 is 5.95 Å². The highest BCUT2D eigenvalue weighted by molar-refractivity contribution is 5.60. The van der Waals surface area contributed by atoms with Crippen molar-refractivity contribution < 1.29 is 4.39 Å². The van der Waals surface area contributed by atoms with E-state index in [-0.39, 0.29) is 5.82 Å². The summed E-state index contributed by atoms with van der Waals surface area (Å²) >= 11 is 0. The number of anilines is 1. The molecule has 4 nitrogen and oxygen atoms in total. The minimum absolute atomic E-state index is 0.264. The number of nitrogens with two attached hydrogens (primary N) is 1. The van der Waals surface area contributed by atoms with E-state index in [0.717, 1.165) is 17.0 Å². The van der Waals surface area contributed by atoms with Crippen molar-refractivity contribution in [3.63, 3.8) is 0 Å². The van der Waals surface area contributed by atoms with Gasteiger partial charge in [0.1, 0.15) is 5.82 Å². The SMILES string of the molecule is CN(C)c1nc(CN)cc(-c2ccc(F)cc2)n1. The number of aromatic nitrogens is 2. The normalized spacial score (nSPS) is 10.4. The van der Waals surface area contributed by atoms with E-state index >= 15 is 0 Å². The van der Waals surface area contributed by atoms with Crippen molar-refractivity contribution in [3.8, 4) is 11.3 Å². The van der Waals surface area contributed by atoms with E-state index in [4.69, 9.17) is 5.73 Å². The molecule has 1 heterocycles. The molecule has 0 saturated heterocycles. The van der Waals surface area contributed by atoms with Gasteiger partial charge in [-0.05, 0) is 30.3 Å². The fourth-order valence-corrected chi connectivity index (χ4v) is 1.56. The third-order valence-corrected chi connectivity index (χ3v) is 2.52. The first kappa shape index (κ1) is 12.4. The van der Waals surface area contributed by atoms with Crippen LogP contribution in [0.25, 0.3) is 11.3 Å². The van der Waals surface area contributed by atoms with E-state index in [0.29, 0.717) is 12.5 Å². The number of hydrogen-bond acceptors (Lipinski definition) is 4. The molecule has 0 aliphatic heterocycles. The van der Waals surface area contributed by atoms with E-state index in [1.54, 1.807) is 12.1 Å². The smallest absolute Gasteiger partial charge is 0.225 e. The van der Waals surface area contributed by atoms with Gasteiger partial charge in [-0.1, -0.05) is 0 Å². The maximum Gasteiger partial charge on any atom is 0.225 e. The highest BCUT2D eigenvalue weighted by Gasteiger charge is 2.07. The van der Waals surface area contributed by atoms with Gasteiger partial charge in [0.15, 0.2) is 0 Å². The Hall–Kier alpha value is -2.01. The summed E-state index contributed by atoms with van der Waals surface area (Å²) in [5.74, 6) is 0.331. The monoisotopic (exact) mass is 246 g/mol. The highest BCUT2D eigenvalue weighted by atomic mass is 19.1. The van der Waals surface area contributed by atoms with Gasteiger partial charge in [0.2, 0.25) is 5.95 Å². The molecule has 1 aromatic heterocycles. The Morgan fingerprint density at radius 2 is 1.83 bits per heavy atom. The van der Waals surface area contributed by atoms with Gasteiger partial charge >= 0.3 is 0 Å². The molecular formula is C13H15FN4. The zero-order valence-electron chi connectivity index (χ0n) is 10.4. The second-order valence-electron chi connectivity index (χ2n) is 4.15. The summed E-state index contributed by atoms with van der Waals surface area (Å²) in [7, 11) is 3.73. The van der Waals surface area contributed by atoms with Gasteiger partial charge in [0.25, 0.3) is 0 Å². The Morgan fingerprint density at radius 3 is 2.39 bits per heavy atom. The predicted octanol–water partition coefficient (Wildman–Crippen LogP) is 1.81. The number of rotatable bonds is 3. The quantitative estimate of drug-likeness (QED) is 0.897. The molecule has 5 heteroatoms. The van der Waals surface area contributed by atoms with Crippen molar-refractivity contribution in [2.75, 3.05) is 19.0 Å². The second kappa shape index (κ2) is 5.10.